The van der Waals surface area contributed by atoms with E-state index in [0.717, 1.165) is 5.46 Å². The molecule has 0 bridgehead atoms. The van der Waals surface area contributed by atoms with Gasteiger partial charge in [0, 0.05) is 0 Å². The maximum atomic E-state index is 13.5. The number of hydrogen-bond donors (Lipinski definition) is 0. The molecule has 0 N–H and O–H groups in total. The zero-order valence-corrected chi connectivity index (χ0v) is 11.7. The molecule has 0 amide bonds. The van der Waals surface area contributed by atoms with Crippen LogP contribution >= 0.6 is 0 Å². The van der Waals surface area contributed by atoms with Gasteiger partial charge in [-0.1, -0.05) is 19.1 Å². The number of rotatable bonds is 2. The van der Waals surface area contributed by atoms with Gasteiger partial charge in [-0.25, -0.2) is 4.39 Å². The van der Waals surface area contributed by atoms with Crippen LogP contribution in [0.3, 0.4) is 0 Å². The minimum absolute atomic E-state index is 0.169. The van der Waals surface area contributed by atoms with E-state index in [4.69, 9.17) is 9.31 Å². The maximum Gasteiger partial charge on any atom is 0.494 e. The lowest BCUT2D eigenvalue weighted by molar-refractivity contribution is 0.00578. The summed E-state index contributed by atoms with van der Waals surface area (Å²) in [6.45, 7) is 9.98. The summed E-state index contributed by atoms with van der Waals surface area (Å²) in [6, 6.07) is 5.05. The molecule has 0 atom stereocenters. The second kappa shape index (κ2) is 4.35. The Balaban J connectivity index is 2.30. The van der Waals surface area contributed by atoms with Crippen molar-refractivity contribution >= 4 is 12.6 Å². The van der Waals surface area contributed by atoms with Crippen molar-refractivity contribution in [2.75, 3.05) is 0 Å². The molecule has 1 fully saturated rings. The first-order valence-corrected chi connectivity index (χ1v) is 6.41. The van der Waals surface area contributed by atoms with Gasteiger partial charge in [-0.05, 0) is 51.2 Å². The third kappa shape index (κ3) is 2.19. The molecule has 98 valence electrons. The Labute approximate surface area is 109 Å². The Morgan fingerprint density at radius 1 is 1.11 bits per heavy atom. The molecule has 2 rings (SSSR count). The van der Waals surface area contributed by atoms with Gasteiger partial charge in [0.2, 0.25) is 0 Å². The predicted octanol–water partition coefficient (Wildman–Crippen LogP) is 2.69. The largest absolute Gasteiger partial charge is 0.494 e. The highest BCUT2D eigenvalue weighted by atomic mass is 19.1. The second-order valence-electron chi connectivity index (χ2n) is 5.79. The Bertz CT molecular complexity index is 441. The van der Waals surface area contributed by atoms with Gasteiger partial charge in [-0.3, -0.25) is 0 Å². The standard InChI is InChI=1S/C14H20BFO2/c1-6-10-9-11(7-8-12(10)16)15-17-13(2,3)14(4,5)18-15/h7-9H,6H2,1-5H3. The van der Waals surface area contributed by atoms with Crippen LogP contribution in [0.2, 0.25) is 0 Å². The van der Waals surface area contributed by atoms with E-state index in [1.807, 2.05) is 40.7 Å². The lowest BCUT2D eigenvalue weighted by atomic mass is 9.78. The number of hydrogen-bond acceptors (Lipinski definition) is 2. The van der Waals surface area contributed by atoms with E-state index in [1.165, 1.54) is 6.07 Å². The molecule has 0 spiro atoms. The van der Waals surface area contributed by atoms with Crippen LogP contribution in [0.5, 0.6) is 0 Å². The molecule has 18 heavy (non-hydrogen) atoms. The highest BCUT2D eigenvalue weighted by Crippen LogP contribution is 2.36. The van der Waals surface area contributed by atoms with Crippen LogP contribution in [0, 0.1) is 5.82 Å². The second-order valence-corrected chi connectivity index (χ2v) is 5.79. The Kier molecular flexibility index (Phi) is 3.28. The van der Waals surface area contributed by atoms with E-state index in [0.29, 0.717) is 12.0 Å². The minimum atomic E-state index is -0.416. The van der Waals surface area contributed by atoms with Gasteiger partial charge in [-0.2, -0.15) is 0 Å². The van der Waals surface area contributed by atoms with Crippen molar-refractivity contribution in [3.8, 4) is 0 Å². The molecule has 1 heterocycles. The van der Waals surface area contributed by atoms with Crippen molar-refractivity contribution in [1.29, 1.82) is 0 Å². The van der Waals surface area contributed by atoms with E-state index in [-0.39, 0.29) is 17.0 Å². The zero-order chi connectivity index (χ0) is 13.6. The molecule has 1 aromatic carbocycles. The molecule has 1 saturated heterocycles. The summed E-state index contributed by atoms with van der Waals surface area (Å²) in [5.74, 6) is -0.169. The monoisotopic (exact) mass is 250 g/mol. The molecule has 0 saturated carbocycles. The van der Waals surface area contributed by atoms with Crippen molar-refractivity contribution in [3.05, 3.63) is 29.6 Å². The fourth-order valence-corrected chi connectivity index (χ4v) is 1.99. The molecule has 1 aliphatic rings. The van der Waals surface area contributed by atoms with Crippen LogP contribution in [0.1, 0.15) is 40.2 Å². The van der Waals surface area contributed by atoms with Crippen LogP contribution in [0.15, 0.2) is 18.2 Å². The molecule has 2 nitrogen and oxygen atoms in total. The quantitative estimate of drug-likeness (QED) is 0.751. The molecule has 4 heteroatoms. The van der Waals surface area contributed by atoms with E-state index in [2.05, 4.69) is 0 Å². The van der Waals surface area contributed by atoms with E-state index in [1.54, 1.807) is 6.07 Å². The van der Waals surface area contributed by atoms with Crippen LogP contribution in [-0.2, 0) is 15.7 Å². The summed E-state index contributed by atoms with van der Waals surface area (Å²) in [5, 5.41) is 0. The van der Waals surface area contributed by atoms with Crippen molar-refractivity contribution in [2.24, 2.45) is 0 Å². The molecule has 0 aromatic heterocycles. The molecule has 1 aromatic rings. The van der Waals surface area contributed by atoms with E-state index >= 15 is 0 Å². The van der Waals surface area contributed by atoms with Gasteiger partial charge in [-0.15, -0.1) is 0 Å². The highest BCUT2D eigenvalue weighted by Gasteiger charge is 2.51. The minimum Gasteiger partial charge on any atom is -0.399 e. The first-order valence-electron chi connectivity index (χ1n) is 6.41. The first-order chi connectivity index (χ1) is 8.27. The Morgan fingerprint density at radius 2 is 1.67 bits per heavy atom. The van der Waals surface area contributed by atoms with Gasteiger partial charge >= 0.3 is 7.12 Å². The fraction of sp³-hybridized carbons (Fsp3) is 0.571. The maximum absolute atomic E-state index is 13.5. The van der Waals surface area contributed by atoms with Gasteiger partial charge in [0.1, 0.15) is 5.82 Å². The smallest absolute Gasteiger partial charge is 0.399 e. The van der Waals surface area contributed by atoms with E-state index in [9.17, 15) is 4.39 Å². The summed E-state index contributed by atoms with van der Waals surface area (Å²) in [5.41, 5.74) is 0.853. The van der Waals surface area contributed by atoms with Crippen LogP contribution in [0.25, 0.3) is 0 Å². The number of benzene rings is 1. The van der Waals surface area contributed by atoms with Crippen molar-refractivity contribution in [2.45, 2.75) is 52.2 Å². The highest BCUT2D eigenvalue weighted by molar-refractivity contribution is 6.62. The lowest BCUT2D eigenvalue weighted by Crippen LogP contribution is -2.41. The third-order valence-corrected chi connectivity index (χ3v) is 3.98. The van der Waals surface area contributed by atoms with Gasteiger partial charge in [0.05, 0.1) is 11.2 Å². The lowest BCUT2D eigenvalue weighted by Gasteiger charge is -2.32. The molecule has 0 radical (unpaired) electrons. The first kappa shape index (κ1) is 13.6. The molecular formula is C14H20BFO2. The average Bonchev–Trinajstić information content (AvgIpc) is 2.49. The Morgan fingerprint density at radius 3 is 2.17 bits per heavy atom. The molecule has 1 aliphatic heterocycles. The number of halogens is 1. The Hall–Kier alpha value is -0.865. The topological polar surface area (TPSA) is 18.5 Å². The van der Waals surface area contributed by atoms with Gasteiger partial charge < -0.3 is 9.31 Å². The van der Waals surface area contributed by atoms with Crippen molar-refractivity contribution in [1.82, 2.24) is 0 Å². The summed E-state index contributed by atoms with van der Waals surface area (Å²) in [6.07, 6.45) is 0.666. The zero-order valence-electron chi connectivity index (χ0n) is 11.7. The van der Waals surface area contributed by atoms with E-state index < -0.39 is 7.12 Å². The third-order valence-electron chi connectivity index (χ3n) is 3.98. The average molecular weight is 250 g/mol. The van der Waals surface area contributed by atoms with Crippen LogP contribution < -0.4 is 5.46 Å². The number of aryl methyl sites for hydroxylation is 1. The molecular weight excluding hydrogens is 230 g/mol. The fourth-order valence-electron chi connectivity index (χ4n) is 1.99. The van der Waals surface area contributed by atoms with Crippen LogP contribution in [0.4, 0.5) is 4.39 Å². The van der Waals surface area contributed by atoms with Gasteiger partial charge in [0.25, 0.3) is 0 Å². The predicted molar refractivity (Wildman–Crippen MR) is 71.5 cm³/mol. The summed E-state index contributed by atoms with van der Waals surface area (Å²) >= 11 is 0. The molecule has 0 unspecified atom stereocenters. The summed E-state index contributed by atoms with van der Waals surface area (Å²) < 4.78 is 25.4. The van der Waals surface area contributed by atoms with Crippen molar-refractivity contribution < 1.29 is 13.7 Å². The normalized spacial score (nSPS) is 21.3. The summed E-state index contributed by atoms with van der Waals surface area (Å²) in [7, 11) is -0.416. The molecule has 0 aliphatic carbocycles. The summed E-state index contributed by atoms with van der Waals surface area (Å²) in [4.78, 5) is 0. The SMILES string of the molecule is CCc1cc(B2OC(C)(C)C(C)(C)O2)ccc1F. The van der Waals surface area contributed by atoms with Crippen LogP contribution in [-0.4, -0.2) is 18.3 Å². The van der Waals surface area contributed by atoms with Crippen molar-refractivity contribution in [3.63, 3.8) is 0 Å². The van der Waals surface area contributed by atoms with Gasteiger partial charge in [0.15, 0.2) is 0 Å².